The van der Waals surface area contributed by atoms with Crippen molar-refractivity contribution >= 4 is 0 Å². The molecule has 9 N–H and O–H groups in total. The van der Waals surface area contributed by atoms with Crippen LogP contribution in [0.1, 0.15) is 0 Å². The Morgan fingerprint density at radius 1 is 0.739 bits per heavy atom. The number of aliphatic hydroxyl groups excluding tert-OH is 7. The number of hydrogen-bond acceptors (Lipinski definition) is 11. The fraction of sp³-hybridized carbons (Fsp3) is 1.00. The lowest BCUT2D eigenvalue weighted by Gasteiger charge is -2.42. The summed E-state index contributed by atoms with van der Waals surface area (Å²) in [6.07, 6.45) is -14.1. The maximum absolute atomic E-state index is 9.81. The number of ether oxygens (including phenoxy) is 3. The van der Waals surface area contributed by atoms with E-state index in [1.54, 1.807) is 0 Å². The smallest absolute Gasteiger partial charge is 0.186 e. The van der Waals surface area contributed by atoms with Crippen molar-refractivity contribution in [1.29, 1.82) is 0 Å². The minimum atomic E-state index is -1.60. The Bertz CT molecular complexity index is 385. The molecule has 0 saturated carbocycles. The van der Waals surface area contributed by atoms with Crippen molar-refractivity contribution in [2.45, 2.75) is 61.3 Å². The third-order valence-electron chi connectivity index (χ3n) is 4.02. The zero-order valence-corrected chi connectivity index (χ0v) is 12.1. The Balaban J connectivity index is 1.94. The first-order valence-electron chi connectivity index (χ1n) is 7.15. The highest BCUT2D eigenvalue weighted by molar-refractivity contribution is 4.91. The molecule has 2 aliphatic heterocycles. The van der Waals surface area contributed by atoms with Gasteiger partial charge in [-0.05, 0) is 0 Å². The van der Waals surface area contributed by atoms with E-state index in [-0.39, 0.29) is 6.61 Å². The number of aliphatic hydroxyl groups is 7. The van der Waals surface area contributed by atoms with Gasteiger partial charge < -0.3 is 55.7 Å². The highest BCUT2D eigenvalue weighted by atomic mass is 16.7. The molecule has 4 unspecified atom stereocenters. The zero-order chi connectivity index (χ0) is 17.3. The van der Waals surface area contributed by atoms with Crippen LogP contribution in [0.25, 0.3) is 0 Å². The van der Waals surface area contributed by atoms with Crippen molar-refractivity contribution in [2.75, 3.05) is 13.2 Å². The van der Waals surface area contributed by atoms with Gasteiger partial charge >= 0.3 is 0 Å². The second-order valence-electron chi connectivity index (χ2n) is 5.64. The van der Waals surface area contributed by atoms with Gasteiger partial charge in [0, 0.05) is 0 Å². The predicted octanol–water partition coefficient (Wildman–Crippen LogP) is -5.43. The predicted molar refractivity (Wildman–Crippen MR) is 70.6 cm³/mol. The molecule has 0 aromatic heterocycles. The van der Waals surface area contributed by atoms with Crippen molar-refractivity contribution in [2.24, 2.45) is 5.73 Å². The van der Waals surface area contributed by atoms with E-state index < -0.39 is 68.0 Å². The van der Waals surface area contributed by atoms with Gasteiger partial charge in [0.2, 0.25) is 0 Å². The van der Waals surface area contributed by atoms with Gasteiger partial charge in [-0.1, -0.05) is 0 Å². The molecule has 2 fully saturated rings. The SMILES string of the molecule is N[C@@H]1OC(CO[C@H]2OC(CO)[C@H](O)[C@H](O)C2O)[C@@H](O)[C@H](O)C1O. The molecule has 2 rings (SSSR count). The van der Waals surface area contributed by atoms with Crippen molar-refractivity contribution in [1.82, 2.24) is 0 Å². The summed E-state index contributed by atoms with van der Waals surface area (Å²) in [5.41, 5.74) is 5.46. The maximum atomic E-state index is 9.81. The summed E-state index contributed by atoms with van der Waals surface area (Å²) in [4.78, 5) is 0. The fourth-order valence-corrected chi connectivity index (χ4v) is 2.51. The fourth-order valence-electron chi connectivity index (χ4n) is 2.51. The van der Waals surface area contributed by atoms with Crippen LogP contribution in [-0.2, 0) is 14.2 Å². The summed E-state index contributed by atoms with van der Waals surface area (Å²) in [5, 5.41) is 67.1. The first-order valence-corrected chi connectivity index (χ1v) is 7.15. The van der Waals surface area contributed by atoms with E-state index in [2.05, 4.69) is 0 Å². The molecule has 0 amide bonds. The summed E-state index contributed by atoms with van der Waals surface area (Å²) in [6.45, 7) is -0.996. The van der Waals surface area contributed by atoms with E-state index in [4.69, 9.17) is 25.1 Å². The summed E-state index contributed by atoms with van der Waals surface area (Å²) >= 11 is 0. The Labute approximate surface area is 131 Å². The van der Waals surface area contributed by atoms with Gasteiger partial charge in [-0.15, -0.1) is 0 Å². The number of nitrogens with two attached hydrogens (primary N) is 1. The Morgan fingerprint density at radius 3 is 1.91 bits per heavy atom. The van der Waals surface area contributed by atoms with Crippen LogP contribution >= 0.6 is 0 Å². The highest BCUT2D eigenvalue weighted by Crippen LogP contribution is 2.24. The van der Waals surface area contributed by atoms with Gasteiger partial charge in [0.25, 0.3) is 0 Å². The standard InChI is InChI=1S/C12H23NO10/c13-11-9(19)7(17)6(16)4(22-11)2-21-12-10(20)8(18)5(15)3(1-14)23-12/h3-12,14-20H,1-2,13H2/t3?,4?,5-,6+,7-,8-,9?,10?,11+,12-/m0/s1. The van der Waals surface area contributed by atoms with Crippen molar-refractivity contribution in [3.8, 4) is 0 Å². The molecule has 11 nitrogen and oxygen atoms in total. The van der Waals surface area contributed by atoms with Crippen LogP contribution in [0.15, 0.2) is 0 Å². The van der Waals surface area contributed by atoms with Gasteiger partial charge in [-0.25, -0.2) is 0 Å². The minimum Gasteiger partial charge on any atom is -0.394 e. The molecule has 0 aromatic carbocycles. The van der Waals surface area contributed by atoms with Crippen LogP contribution in [0.2, 0.25) is 0 Å². The monoisotopic (exact) mass is 341 g/mol. The summed E-state index contributed by atoms with van der Waals surface area (Å²) < 4.78 is 15.4. The molecule has 11 heteroatoms. The molecular weight excluding hydrogens is 318 g/mol. The summed E-state index contributed by atoms with van der Waals surface area (Å²) in [6, 6.07) is 0. The highest BCUT2D eigenvalue weighted by Gasteiger charge is 2.46. The summed E-state index contributed by atoms with van der Waals surface area (Å²) in [5.74, 6) is 0. The van der Waals surface area contributed by atoms with E-state index in [1.165, 1.54) is 0 Å². The molecule has 0 radical (unpaired) electrons. The van der Waals surface area contributed by atoms with Crippen LogP contribution in [0.5, 0.6) is 0 Å². The van der Waals surface area contributed by atoms with Gasteiger partial charge in [-0.3, -0.25) is 0 Å². The molecule has 0 aromatic rings. The Kier molecular flexibility index (Phi) is 6.27. The molecule has 0 bridgehead atoms. The van der Waals surface area contributed by atoms with Crippen molar-refractivity contribution in [3.05, 3.63) is 0 Å². The molecule has 136 valence electrons. The van der Waals surface area contributed by atoms with Gasteiger partial charge in [0.1, 0.15) is 55.1 Å². The van der Waals surface area contributed by atoms with Crippen LogP contribution in [0.4, 0.5) is 0 Å². The summed E-state index contributed by atoms with van der Waals surface area (Å²) in [7, 11) is 0. The molecule has 2 heterocycles. The molecule has 2 aliphatic rings. The van der Waals surface area contributed by atoms with E-state index in [1.807, 2.05) is 0 Å². The molecular formula is C12H23NO10. The lowest BCUT2D eigenvalue weighted by atomic mass is 9.98. The number of hydrogen-bond donors (Lipinski definition) is 8. The van der Waals surface area contributed by atoms with Gasteiger partial charge in [-0.2, -0.15) is 0 Å². The average molecular weight is 341 g/mol. The molecule has 10 atom stereocenters. The molecule has 0 spiro atoms. The molecule has 0 aliphatic carbocycles. The Hall–Kier alpha value is -0.440. The quantitative estimate of drug-likeness (QED) is 0.243. The first-order chi connectivity index (χ1) is 10.8. The minimum absolute atomic E-state index is 0.388. The van der Waals surface area contributed by atoms with Crippen molar-refractivity contribution < 1.29 is 50.0 Å². The first kappa shape index (κ1) is 18.9. The third kappa shape index (κ3) is 3.81. The zero-order valence-electron chi connectivity index (χ0n) is 12.1. The third-order valence-corrected chi connectivity index (χ3v) is 4.02. The average Bonchev–Trinajstić information content (AvgIpc) is 2.54. The van der Waals surface area contributed by atoms with Crippen molar-refractivity contribution in [3.63, 3.8) is 0 Å². The second-order valence-corrected chi connectivity index (χ2v) is 5.64. The normalized spacial score (nSPS) is 51.7. The maximum Gasteiger partial charge on any atom is 0.186 e. The van der Waals surface area contributed by atoms with E-state index >= 15 is 0 Å². The molecule has 23 heavy (non-hydrogen) atoms. The lowest BCUT2D eigenvalue weighted by molar-refractivity contribution is -0.314. The van der Waals surface area contributed by atoms with Gasteiger partial charge in [0.15, 0.2) is 6.29 Å². The van der Waals surface area contributed by atoms with Gasteiger partial charge in [0.05, 0.1) is 13.2 Å². The van der Waals surface area contributed by atoms with Crippen LogP contribution in [0.3, 0.4) is 0 Å². The van der Waals surface area contributed by atoms with Crippen LogP contribution < -0.4 is 5.73 Å². The number of rotatable bonds is 4. The van der Waals surface area contributed by atoms with E-state index in [0.29, 0.717) is 0 Å². The van der Waals surface area contributed by atoms with E-state index in [9.17, 15) is 30.6 Å². The largest absolute Gasteiger partial charge is 0.394 e. The van der Waals surface area contributed by atoms with E-state index in [0.717, 1.165) is 0 Å². The second kappa shape index (κ2) is 7.63. The van der Waals surface area contributed by atoms with Crippen LogP contribution in [-0.4, -0.2) is 110 Å². The molecule has 2 saturated heterocycles. The lowest BCUT2D eigenvalue weighted by Crippen LogP contribution is -2.62. The topological polar surface area (TPSA) is 195 Å². The Morgan fingerprint density at radius 2 is 1.30 bits per heavy atom. The van der Waals surface area contributed by atoms with Crippen LogP contribution in [0, 0.1) is 0 Å².